The molecule has 1 aliphatic carbocycles. The van der Waals surface area contributed by atoms with Gasteiger partial charge in [-0.15, -0.1) is 24.0 Å². The van der Waals surface area contributed by atoms with Crippen LogP contribution in [0, 0.1) is 0 Å². The van der Waals surface area contributed by atoms with Crippen molar-refractivity contribution in [1.29, 1.82) is 0 Å². The summed E-state index contributed by atoms with van der Waals surface area (Å²) in [5.74, 6) is 2.22. The second-order valence-corrected chi connectivity index (χ2v) is 7.72. The van der Waals surface area contributed by atoms with Crippen LogP contribution in [0.4, 0.5) is 8.78 Å². The van der Waals surface area contributed by atoms with E-state index in [1.807, 2.05) is 6.07 Å². The van der Waals surface area contributed by atoms with Crippen molar-refractivity contribution in [2.24, 2.45) is 4.99 Å². The Hall–Kier alpha value is -2.11. The number of hydrogen-bond acceptors (Lipinski definition) is 4. The van der Waals surface area contributed by atoms with Crippen molar-refractivity contribution in [3.63, 3.8) is 0 Å². The van der Waals surface area contributed by atoms with E-state index < -0.39 is 6.55 Å². The third kappa shape index (κ3) is 6.02. The van der Waals surface area contributed by atoms with Crippen molar-refractivity contribution < 1.29 is 18.3 Å². The highest BCUT2D eigenvalue weighted by molar-refractivity contribution is 14.0. The van der Waals surface area contributed by atoms with Crippen LogP contribution < -0.4 is 20.1 Å². The summed E-state index contributed by atoms with van der Waals surface area (Å²) in [5.41, 5.74) is 1.12. The molecule has 2 aromatic rings. The maximum atomic E-state index is 13.0. The standard InChI is InChI=1S/C22H31F2N5O2.HI/c1-25-21(27-14-19-26-11-12-29(19)20(23)24)28-15-22(9-5-4-6-10-22)16-7-8-17(30-2)18(13-16)31-3;/h7-8,11-13,20H,4-6,9-10,14-15H2,1-3H3,(H2,25,27,28);1H. The van der Waals surface area contributed by atoms with Gasteiger partial charge in [0.05, 0.1) is 20.8 Å². The Morgan fingerprint density at radius 1 is 1.16 bits per heavy atom. The van der Waals surface area contributed by atoms with Gasteiger partial charge in [-0.05, 0) is 30.5 Å². The third-order valence-corrected chi connectivity index (χ3v) is 6.00. The first kappa shape index (κ1) is 26.1. The molecule has 1 saturated carbocycles. The molecular weight excluding hydrogens is 531 g/mol. The lowest BCUT2D eigenvalue weighted by molar-refractivity contribution is 0.0668. The number of alkyl halides is 2. The SMILES string of the molecule is CN=C(NCc1nccn1C(F)F)NCC1(c2ccc(OC)c(OC)c2)CCCCC1.I. The number of aromatic nitrogens is 2. The molecule has 2 N–H and O–H groups in total. The fraction of sp³-hybridized carbons (Fsp3) is 0.545. The highest BCUT2D eigenvalue weighted by Gasteiger charge is 2.34. The van der Waals surface area contributed by atoms with Crippen molar-refractivity contribution in [3.8, 4) is 11.5 Å². The molecule has 1 fully saturated rings. The molecule has 0 amide bonds. The van der Waals surface area contributed by atoms with Crippen molar-refractivity contribution in [3.05, 3.63) is 42.0 Å². The molecule has 3 rings (SSSR count). The van der Waals surface area contributed by atoms with E-state index in [9.17, 15) is 8.78 Å². The first-order valence-electron chi connectivity index (χ1n) is 10.5. The minimum absolute atomic E-state index is 0. The lowest BCUT2D eigenvalue weighted by Gasteiger charge is -2.38. The van der Waals surface area contributed by atoms with E-state index in [1.165, 1.54) is 24.4 Å². The number of guanidine groups is 1. The quantitative estimate of drug-likeness (QED) is 0.282. The third-order valence-electron chi connectivity index (χ3n) is 6.00. The molecule has 0 unspecified atom stereocenters. The van der Waals surface area contributed by atoms with Crippen LogP contribution in [-0.2, 0) is 12.0 Å². The predicted molar refractivity (Wildman–Crippen MR) is 131 cm³/mol. The number of methoxy groups -OCH3 is 2. The highest BCUT2D eigenvalue weighted by Crippen LogP contribution is 2.42. The topological polar surface area (TPSA) is 72.7 Å². The van der Waals surface area contributed by atoms with Gasteiger partial charge < -0.3 is 20.1 Å². The lowest BCUT2D eigenvalue weighted by Crippen LogP contribution is -2.46. The molecule has 7 nitrogen and oxygen atoms in total. The molecular formula is C22H32F2IN5O2. The molecule has 1 aliphatic rings. The molecule has 1 heterocycles. The van der Waals surface area contributed by atoms with Crippen LogP contribution >= 0.6 is 24.0 Å². The largest absolute Gasteiger partial charge is 0.493 e. The Balaban J connectivity index is 0.00000363. The van der Waals surface area contributed by atoms with Gasteiger partial charge in [-0.1, -0.05) is 25.3 Å². The fourth-order valence-electron chi connectivity index (χ4n) is 4.26. The average molecular weight is 563 g/mol. The molecule has 10 heteroatoms. The maximum Gasteiger partial charge on any atom is 0.319 e. The fourth-order valence-corrected chi connectivity index (χ4v) is 4.26. The van der Waals surface area contributed by atoms with E-state index in [4.69, 9.17) is 9.47 Å². The normalized spacial score (nSPS) is 15.8. The molecule has 1 aromatic carbocycles. The van der Waals surface area contributed by atoms with E-state index in [0.29, 0.717) is 24.0 Å². The Labute approximate surface area is 205 Å². The van der Waals surface area contributed by atoms with E-state index in [1.54, 1.807) is 21.3 Å². The van der Waals surface area contributed by atoms with Gasteiger partial charge in [0, 0.05) is 31.4 Å². The van der Waals surface area contributed by atoms with Crippen molar-refractivity contribution in [2.45, 2.75) is 50.6 Å². The Morgan fingerprint density at radius 2 is 1.88 bits per heavy atom. The minimum Gasteiger partial charge on any atom is -0.493 e. The maximum absolute atomic E-state index is 13.0. The zero-order valence-corrected chi connectivity index (χ0v) is 21.1. The van der Waals surface area contributed by atoms with E-state index >= 15 is 0 Å². The summed E-state index contributed by atoms with van der Waals surface area (Å²) in [7, 11) is 4.94. The van der Waals surface area contributed by atoms with Gasteiger partial charge in [0.1, 0.15) is 5.82 Å². The number of halogens is 3. The molecule has 0 radical (unpaired) electrons. The van der Waals surface area contributed by atoms with E-state index in [2.05, 4.69) is 32.7 Å². The number of imidazole rings is 1. The van der Waals surface area contributed by atoms with Crippen LogP contribution in [0.25, 0.3) is 0 Å². The van der Waals surface area contributed by atoms with Crippen LogP contribution in [0.3, 0.4) is 0 Å². The number of ether oxygens (including phenoxy) is 2. The van der Waals surface area contributed by atoms with Crippen LogP contribution in [0.2, 0.25) is 0 Å². The van der Waals surface area contributed by atoms with Gasteiger partial charge in [-0.25, -0.2) is 4.98 Å². The van der Waals surface area contributed by atoms with Crippen molar-refractivity contribution in [1.82, 2.24) is 20.2 Å². The molecule has 1 aromatic heterocycles. The zero-order valence-electron chi connectivity index (χ0n) is 18.7. The monoisotopic (exact) mass is 563 g/mol. The zero-order chi connectivity index (χ0) is 22.3. The molecule has 0 atom stereocenters. The molecule has 32 heavy (non-hydrogen) atoms. The average Bonchev–Trinajstić information content (AvgIpc) is 3.28. The molecule has 0 saturated heterocycles. The van der Waals surface area contributed by atoms with Gasteiger partial charge in [-0.2, -0.15) is 8.78 Å². The van der Waals surface area contributed by atoms with Gasteiger partial charge >= 0.3 is 6.55 Å². The first-order chi connectivity index (χ1) is 15.0. The van der Waals surface area contributed by atoms with Crippen LogP contribution in [0.1, 0.15) is 50.0 Å². The van der Waals surface area contributed by atoms with Crippen molar-refractivity contribution in [2.75, 3.05) is 27.8 Å². The molecule has 178 valence electrons. The highest BCUT2D eigenvalue weighted by atomic mass is 127. The summed E-state index contributed by atoms with van der Waals surface area (Å²) in [6.45, 7) is -1.80. The summed E-state index contributed by atoms with van der Waals surface area (Å²) in [6, 6.07) is 6.10. The Kier molecular flexibility index (Phi) is 9.98. The predicted octanol–water partition coefficient (Wildman–Crippen LogP) is 4.48. The smallest absolute Gasteiger partial charge is 0.319 e. The number of rotatable bonds is 8. The summed E-state index contributed by atoms with van der Waals surface area (Å²) >= 11 is 0. The number of aliphatic imine (C=N–C) groups is 1. The molecule has 0 spiro atoms. The molecule has 0 bridgehead atoms. The molecule has 0 aliphatic heterocycles. The van der Waals surface area contributed by atoms with Crippen molar-refractivity contribution >= 4 is 29.9 Å². The van der Waals surface area contributed by atoms with Gasteiger partial charge in [-0.3, -0.25) is 9.56 Å². The van der Waals surface area contributed by atoms with Crippen LogP contribution in [-0.4, -0.2) is 43.3 Å². The lowest BCUT2D eigenvalue weighted by atomic mass is 9.69. The van der Waals surface area contributed by atoms with E-state index in [0.717, 1.165) is 30.3 Å². The van der Waals surface area contributed by atoms with Crippen LogP contribution in [0.15, 0.2) is 35.6 Å². The van der Waals surface area contributed by atoms with Gasteiger partial charge in [0.15, 0.2) is 17.5 Å². The Bertz CT molecular complexity index is 885. The summed E-state index contributed by atoms with van der Waals surface area (Å²) < 4.78 is 37.8. The summed E-state index contributed by atoms with van der Waals surface area (Å²) in [6.07, 6.45) is 8.24. The number of nitrogens with one attached hydrogen (secondary N) is 2. The summed E-state index contributed by atoms with van der Waals surface area (Å²) in [4.78, 5) is 8.26. The Morgan fingerprint density at radius 3 is 2.50 bits per heavy atom. The number of nitrogens with zero attached hydrogens (tertiary/aromatic N) is 3. The summed E-state index contributed by atoms with van der Waals surface area (Å²) in [5, 5.41) is 6.49. The van der Waals surface area contributed by atoms with Gasteiger partial charge in [0.25, 0.3) is 0 Å². The van der Waals surface area contributed by atoms with E-state index in [-0.39, 0.29) is 41.8 Å². The second-order valence-electron chi connectivity index (χ2n) is 7.72. The number of hydrogen-bond donors (Lipinski definition) is 2. The second kappa shape index (κ2) is 12.2. The van der Waals surface area contributed by atoms with Gasteiger partial charge in [0.2, 0.25) is 0 Å². The number of benzene rings is 1. The first-order valence-corrected chi connectivity index (χ1v) is 10.5. The van der Waals surface area contributed by atoms with Crippen LogP contribution in [0.5, 0.6) is 11.5 Å². The minimum atomic E-state index is -2.62.